The number of alkyl halides is 3. The van der Waals surface area contributed by atoms with Crippen molar-refractivity contribution < 1.29 is 33.0 Å². The monoisotopic (exact) mass is 1040 g/mol. The first-order valence-corrected chi connectivity index (χ1v) is 27.5. The Hall–Kier alpha value is -5.02. The highest BCUT2D eigenvalue weighted by Gasteiger charge is 2.44. The Morgan fingerprint density at radius 1 is 0.824 bits per heavy atom. The van der Waals surface area contributed by atoms with Gasteiger partial charge in [0.1, 0.15) is 11.7 Å². The highest BCUT2D eigenvalue weighted by atomic mass is 32.1. The van der Waals surface area contributed by atoms with Gasteiger partial charge in [-0.2, -0.15) is 18.2 Å². The van der Waals surface area contributed by atoms with Crippen molar-refractivity contribution in [3.05, 3.63) is 83.3 Å². The van der Waals surface area contributed by atoms with Crippen LogP contribution in [0.2, 0.25) is 0 Å². The summed E-state index contributed by atoms with van der Waals surface area (Å²) in [6, 6.07) is 15.5. The lowest BCUT2D eigenvalue weighted by Gasteiger charge is -2.35. The number of carbonyl (C=O) groups is 2. The number of aryl methyl sites for hydroxylation is 1. The standard InChI is InChI=1S/C55H76F3N11O4S/c1-37-48(74-36-64-37)41-14-8-38(9-15-41)31-62-51(72)47-30-44(71)34-69(47)52(73)49(54(2,3)4)60-24-23-59-21-6-5-7-25-66-26-28-67(29-27-66)33-39-10-12-40(13-11-39)46-35-68(42-16-18-43(70)19-17-42)50-45(46)32-63-53(65-50)61-22-20-55(56,57)58/h8-15,32,35-36,42-44,47,49,59-60,70-71H,5-7,16-31,33-34H2,1-4H3,(H,62,72)(H,61,63,65)/t42?,43?,44-,47+,49-/m1/s1. The average molecular weight is 1040 g/mol. The third-order valence-corrected chi connectivity index (χ3v) is 15.8. The summed E-state index contributed by atoms with van der Waals surface area (Å²) >= 11 is 1.60. The molecular weight excluding hydrogens is 968 g/mol. The second-order valence-electron chi connectivity index (χ2n) is 21.6. The summed E-state index contributed by atoms with van der Waals surface area (Å²) in [5.41, 5.74) is 8.39. The van der Waals surface area contributed by atoms with Gasteiger partial charge in [-0.3, -0.25) is 14.5 Å². The SMILES string of the molecule is Cc1ncsc1-c1ccc(CNC(=O)[C@@H]2C[C@@H](O)CN2C(=O)[C@@H](NCCNCCCCCN2CCN(Cc3ccc(-c4cn(C5CCC(O)CC5)c5nc(NCCC(F)(F)F)ncc45)cc3)CC2)C(C)(C)C)cc1. The van der Waals surface area contributed by atoms with Crippen LogP contribution in [0.1, 0.15) is 101 Å². The smallest absolute Gasteiger partial charge is 0.390 e. The zero-order chi connectivity index (χ0) is 52.4. The lowest BCUT2D eigenvalue weighted by molar-refractivity contribution is -0.142. The quantitative estimate of drug-likeness (QED) is 0.0377. The molecule has 0 unspecified atom stereocenters. The van der Waals surface area contributed by atoms with E-state index in [0.717, 1.165) is 116 Å². The predicted octanol–water partition coefficient (Wildman–Crippen LogP) is 7.53. The van der Waals surface area contributed by atoms with Gasteiger partial charge in [0, 0.05) is 101 Å². The molecule has 74 heavy (non-hydrogen) atoms. The number of halogens is 3. The largest absolute Gasteiger partial charge is 0.393 e. The Kier molecular flexibility index (Phi) is 18.8. The molecule has 2 saturated heterocycles. The van der Waals surface area contributed by atoms with Crippen molar-refractivity contribution in [1.82, 2.24) is 50.2 Å². The molecule has 2 amide bonds. The van der Waals surface area contributed by atoms with Crippen molar-refractivity contribution in [1.29, 1.82) is 0 Å². The molecule has 402 valence electrons. The van der Waals surface area contributed by atoms with Gasteiger partial charge in [0.25, 0.3) is 0 Å². The predicted molar refractivity (Wildman–Crippen MR) is 286 cm³/mol. The van der Waals surface area contributed by atoms with Crippen LogP contribution in [0, 0.1) is 12.3 Å². The fourth-order valence-corrected chi connectivity index (χ4v) is 11.4. The van der Waals surface area contributed by atoms with E-state index in [2.05, 4.69) is 76.1 Å². The second-order valence-corrected chi connectivity index (χ2v) is 22.4. The molecule has 6 N–H and O–H groups in total. The number of unbranched alkanes of at least 4 members (excludes halogenated alkanes) is 2. The van der Waals surface area contributed by atoms with Crippen molar-refractivity contribution in [3.63, 3.8) is 0 Å². The molecular formula is C55H76F3N11O4S. The zero-order valence-corrected chi connectivity index (χ0v) is 44.3. The summed E-state index contributed by atoms with van der Waals surface area (Å²) in [7, 11) is 0. The maximum absolute atomic E-state index is 14.1. The van der Waals surface area contributed by atoms with Crippen molar-refractivity contribution in [2.75, 3.05) is 70.8 Å². The van der Waals surface area contributed by atoms with Gasteiger partial charge in [-0.15, -0.1) is 11.3 Å². The molecule has 0 spiro atoms. The molecule has 3 aliphatic rings. The summed E-state index contributed by atoms with van der Waals surface area (Å²) < 4.78 is 40.6. The van der Waals surface area contributed by atoms with Gasteiger partial charge in [0.2, 0.25) is 17.8 Å². The summed E-state index contributed by atoms with van der Waals surface area (Å²) in [5.74, 6) is -0.250. The third-order valence-electron chi connectivity index (χ3n) is 14.8. The van der Waals surface area contributed by atoms with Crippen molar-refractivity contribution >= 4 is 40.1 Å². The van der Waals surface area contributed by atoms with E-state index >= 15 is 0 Å². The number of nitrogens with zero attached hydrogens (tertiary/aromatic N) is 7. The van der Waals surface area contributed by atoms with E-state index in [4.69, 9.17) is 4.98 Å². The Morgan fingerprint density at radius 2 is 1.53 bits per heavy atom. The fraction of sp³-hybridized carbons (Fsp3) is 0.582. The normalized spacial score (nSPS) is 20.6. The Morgan fingerprint density at radius 3 is 2.22 bits per heavy atom. The molecule has 2 aliphatic heterocycles. The number of β-amino-alcohol motifs (C(OH)–C–C–N with tert-alkyl or cyclic N) is 1. The van der Waals surface area contributed by atoms with Crippen LogP contribution in [0.3, 0.4) is 0 Å². The molecule has 5 aromatic rings. The lowest BCUT2D eigenvalue weighted by Crippen LogP contribution is -2.57. The average Bonchev–Trinajstić information content (AvgIpc) is 4.10. The minimum atomic E-state index is -4.27. The van der Waals surface area contributed by atoms with Gasteiger partial charge < -0.3 is 45.8 Å². The number of carbonyl (C=O) groups excluding carboxylic acids is 2. The van der Waals surface area contributed by atoms with Crippen molar-refractivity contribution in [2.24, 2.45) is 5.41 Å². The van der Waals surface area contributed by atoms with Crippen LogP contribution in [-0.4, -0.2) is 152 Å². The molecule has 3 atom stereocenters. The summed E-state index contributed by atoms with van der Waals surface area (Å²) in [6.45, 7) is 16.4. The van der Waals surface area contributed by atoms with E-state index in [-0.39, 0.29) is 49.4 Å². The van der Waals surface area contributed by atoms with E-state index in [9.17, 15) is 33.0 Å². The number of amides is 2. The number of hydrogen-bond acceptors (Lipinski definition) is 13. The fourth-order valence-electron chi connectivity index (χ4n) is 10.6. The minimum absolute atomic E-state index is 0.130. The third kappa shape index (κ3) is 14.9. The topological polar surface area (TPSA) is 176 Å². The van der Waals surface area contributed by atoms with E-state index in [1.54, 1.807) is 22.4 Å². The molecule has 8 rings (SSSR count). The van der Waals surface area contributed by atoms with Crippen molar-refractivity contribution in [3.8, 4) is 21.6 Å². The first-order valence-electron chi connectivity index (χ1n) is 26.6. The zero-order valence-electron chi connectivity index (χ0n) is 43.5. The number of hydrogen-bond donors (Lipinski definition) is 6. The van der Waals surface area contributed by atoms with Gasteiger partial charge >= 0.3 is 6.18 Å². The number of benzene rings is 2. The number of aliphatic hydroxyl groups is 2. The highest BCUT2D eigenvalue weighted by molar-refractivity contribution is 7.13. The molecule has 15 nitrogen and oxygen atoms in total. The molecule has 0 bridgehead atoms. The first kappa shape index (κ1) is 55.2. The molecule has 5 heterocycles. The number of likely N-dealkylation sites (tertiary alicyclic amines) is 1. The molecule has 1 aliphatic carbocycles. The van der Waals surface area contributed by atoms with Crippen LogP contribution in [0.4, 0.5) is 19.1 Å². The molecule has 0 radical (unpaired) electrons. The number of piperazine rings is 1. The second kappa shape index (κ2) is 25.2. The Labute approximate surface area is 437 Å². The van der Waals surface area contributed by atoms with Crippen molar-refractivity contribution in [2.45, 2.75) is 135 Å². The van der Waals surface area contributed by atoms with E-state index in [1.165, 1.54) is 5.56 Å². The van der Waals surface area contributed by atoms with Crippen LogP contribution in [-0.2, 0) is 22.7 Å². The molecule has 3 fully saturated rings. The molecule has 1 saturated carbocycles. The van der Waals surface area contributed by atoms with Gasteiger partial charge in [0.15, 0.2) is 0 Å². The maximum atomic E-state index is 14.1. The van der Waals surface area contributed by atoms with E-state index < -0.39 is 36.2 Å². The summed E-state index contributed by atoms with van der Waals surface area (Å²) in [4.78, 5) is 48.7. The van der Waals surface area contributed by atoms with E-state index in [1.807, 2.05) is 57.5 Å². The molecule has 2 aromatic carbocycles. The number of thiazole rings is 1. The number of nitrogens with one attached hydrogen (secondary N) is 4. The number of rotatable bonds is 22. The van der Waals surface area contributed by atoms with Gasteiger partial charge in [-0.1, -0.05) is 75.7 Å². The van der Waals surface area contributed by atoms with Gasteiger partial charge in [-0.25, -0.2) is 9.97 Å². The lowest BCUT2D eigenvalue weighted by atomic mass is 9.85. The number of fused-ring (bicyclic) bond motifs is 1. The van der Waals surface area contributed by atoms with Crippen LogP contribution in [0.5, 0.6) is 0 Å². The Bertz CT molecular complexity index is 2590. The first-order chi connectivity index (χ1) is 35.5. The summed E-state index contributed by atoms with van der Waals surface area (Å²) in [5, 5.41) is 34.4. The minimum Gasteiger partial charge on any atom is -0.393 e. The maximum Gasteiger partial charge on any atom is 0.390 e. The van der Waals surface area contributed by atoms with Gasteiger partial charge in [0.05, 0.1) is 40.8 Å². The summed E-state index contributed by atoms with van der Waals surface area (Å²) in [6.07, 6.45) is 4.03. The number of anilines is 1. The number of aliphatic hydroxyl groups excluding tert-OH is 2. The van der Waals surface area contributed by atoms with Gasteiger partial charge in [-0.05, 0) is 86.2 Å². The van der Waals surface area contributed by atoms with Crippen LogP contribution in [0.25, 0.3) is 32.6 Å². The number of aromatic nitrogens is 4. The highest BCUT2D eigenvalue weighted by Crippen LogP contribution is 2.37. The van der Waals surface area contributed by atoms with Crippen LogP contribution in [0.15, 0.2) is 66.4 Å². The van der Waals surface area contributed by atoms with Crippen LogP contribution < -0.4 is 21.3 Å². The Balaban J connectivity index is 0.719. The van der Waals surface area contributed by atoms with Crippen LogP contribution >= 0.6 is 11.3 Å². The van der Waals surface area contributed by atoms with E-state index in [0.29, 0.717) is 38.1 Å². The molecule has 19 heteroatoms. The molecule has 3 aromatic heterocycles.